The molecule has 1 unspecified atom stereocenters. The van der Waals surface area contributed by atoms with Crippen LogP contribution in [0.3, 0.4) is 0 Å². The van der Waals surface area contributed by atoms with Crippen molar-refractivity contribution in [3.8, 4) is 0 Å². The van der Waals surface area contributed by atoms with Gasteiger partial charge in [0.15, 0.2) is 0 Å². The summed E-state index contributed by atoms with van der Waals surface area (Å²) in [6.07, 6.45) is 4.95. The van der Waals surface area contributed by atoms with Crippen molar-refractivity contribution in [2.45, 2.75) is 25.5 Å². The van der Waals surface area contributed by atoms with Gasteiger partial charge in [-0.3, -0.25) is 4.98 Å². The summed E-state index contributed by atoms with van der Waals surface area (Å²) in [7, 11) is -1.22. The zero-order valence-electron chi connectivity index (χ0n) is 8.90. The Kier molecular flexibility index (Phi) is 4.16. The quantitative estimate of drug-likeness (QED) is 0.786. The highest BCUT2D eigenvalue weighted by atomic mass is 79.9. The Bertz CT molecular complexity index is 399. The monoisotopic (exact) mass is 288 g/mol. The van der Waals surface area contributed by atoms with Gasteiger partial charge in [0.25, 0.3) is 0 Å². The predicted octanol–water partition coefficient (Wildman–Crippen LogP) is 2.73. The van der Waals surface area contributed by atoms with E-state index in [0.717, 1.165) is 10.0 Å². The molecule has 0 N–H and O–H groups in total. The van der Waals surface area contributed by atoms with Crippen molar-refractivity contribution in [3.05, 3.63) is 28.5 Å². The van der Waals surface area contributed by atoms with Crippen LogP contribution >= 0.6 is 15.9 Å². The maximum Gasteiger partial charge on any atom is 0.144 e. The zero-order valence-corrected chi connectivity index (χ0v) is 11.3. The molecule has 0 amide bonds. The van der Waals surface area contributed by atoms with E-state index < -0.39 is 11.0 Å². The van der Waals surface area contributed by atoms with Crippen LogP contribution in [-0.2, 0) is 11.0 Å². The van der Waals surface area contributed by atoms with Crippen molar-refractivity contribution in [1.82, 2.24) is 4.98 Å². The maximum atomic E-state index is 11.6. The third kappa shape index (κ3) is 4.22. The van der Waals surface area contributed by atoms with Gasteiger partial charge in [-0.15, -0.1) is 0 Å². The van der Waals surface area contributed by atoms with Gasteiger partial charge in [0, 0.05) is 28.6 Å². The Morgan fingerprint density at radius 3 is 2.67 bits per heavy atom. The van der Waals surface area contributed by atoms with Gasteiger partial charge in [-0.25, -0.2) is 4.21 Å². The number of pyridine rings is 1. The normalized spacial score (nSPS) is 14.4. The minimum absolute atomic E-state index is 0.323. The van der Waals surface area contributed by atoms with Crippen LogP contribution < -0.4 is 0 Å². The van der Waals surface area contributed by atoms with E-state index in [-0.39, 0.29) is 4.75 Å². The van der Waals surface area contributed by atoms with Crippen molar-refractivity contribution in [2.24, 2.45) is 4.40 Å². The van der Waals surface area contributed by atoms with Gasteiger partial charge in [-0.05, 0) is 42.8 Å². The largest absolute Gasteiger partial charge is 0.263 e. The second-order valence-corrected chi connectivity index (χ2v) is 6.88. The molecule has 1 atom stereocenters. The Hall–Kier alpha value is -0.550. The molecule has 3 nitrogen and oxygen atoms in total. The summed E-state index contributed by atoms with van der Waals surface area (Å²) in [6, 6.07) is 1.87. The molecule has 0 radical (unpaired) electrons. The molecule has 82 valence electrons. The average molecular weight is 289 g/mol. The fraction of sp³-hybridized carbons (Fsp3) is 0.400. The molecule has 0 aliphatic carbocycles. The van der Waals surface area contributed by atoms with E-state index in [1.807, 2.05) is 26.8 Å². The molecule has 1 rings (SSSR count). The number of rotatable bonds is 2. The van der Waals surface area contributed by atoms with Crippen molar-refractivity contribution >= 4 is 33.1 Å². The number of hydrogen-bond donors (Lipinski definition) is 0. The summed E-state index contributed by atoms with van der Waals surface area (Å²) in [5.74, 6) is 0. The van der Waals surface area contributed by atoms with Crippen molar-refractivity contribution in [2.75, 3.05) is 0 Å². The summed E-state index contributed by atoms with van der Waals surface area (Å²) in [6.45, 7) is 5.67. The summed E-state index contributed by atoms with van der Waals surface area (Å²) in [5.41, 5.74) is 0.835. The molecule has 0 saturated carbocycles. The molecule has 0 aromatic carbocycles. The summed E-state index contributed by atoms with van der Waals surface area (Å²) in [4.78, 5) is 3.99. The Balaban J connectivity index is 2.79. The predicted molar refractivity (Wildman–Crippen MR) is 67.4 cm³/mol. The third-order valence-electron chi connectivity index (χ3n) is 1.55. The molecule has 0 aliphatic rings. The van der Waals surface area contributed by atoms with E-state index in [2.05, 4.69) is 25.3 Å². The molecule has 1 aromatic rings. The van der Waals surface area contributed by atoms with Gasteiger partial charge in [0.2, 0.25) is 0 Å². The van der Waals surface area contributed by atoms with Crippen LogP contribution in [0, 0.1) is 0 Å². The van der Waals surface area contributed by atoms with Crippen LogP contribution in [0.2, 0.25) is 0 Å². The first-order valence-corrected chi connectivity index (χ1v) is 6.36. The topological polar surface area (TPSA) is 42.3 Å². The van der Waals surface area contributed by atoms with Crippen LogP contribution in [0.1, 0.15) is 26.3 Å². The SMILES string of the molecule is CC(C)(C)S(=O)/N=C/c1cncc(Br)c1. The minimum Gasteiger partial charge on any atom is -0.263 e. The second kappa shape index (κ2) is 4.99. The summed E-state index contributed by atoms with van der Waals surface area (Å²) < 4.78 is 16.2. The fourth-order valence-corrected chi connectivity index (χ4v) is 1.68. The van der Waals surface area contributed by atoms with Gasteiger partial charge in [-0.1, -0.05) is 0 Å². The molecule has 5 heteroatoms. The van der Waals surface area contributed by atoms with E-state index in [4.69, 9.17) is 0 Å². The highest BCUT2D eigenvalue weighted by Gasteiger charge is 2.17. The average Bonchev–Trinajstić information content (AvgIpc) is 2.12. The first kappa shape index (κ1) is 12.5. The van der Waals surface area contributed by atoms with Gasteiger partial charge in [0.1, 0.15) is 11.0 Å². The van der Waals surface area contributed by atoms with Crippen LogP contribution in [0.5, 0.6) is 0 Å². The first-order valence-electron chi connectivity index (χ1n) is 4.46. The number of hydrogen-bond acceptors (Lipinski definition) is 2. The van der Waals surface area contributed by atoms with Gasteiger partial charge >= 0.3 is 0 Å². The summed E-state index contributed by atoms with van der Waals surface area (Å²) >= 11 is 3.31. The number of halogens is 1. The van der Waals surface area contributed by atoms with Crippen molar-refractivity contribution in [3.63, 3.8) is 0 Å². The second-order valence-electron chi connectivity index (χ2n) is 4.03. The molecule has 0 spiro atoms. The molecule has 0 aliphatic heterocycles. The lowest BCUT2D eigenvalue weighted by Crippen LogP contribution is -2.19. The van der Waals surface area contributed by atoms with Gasteiger partial charge < -0.3 is 0 Å². The molecular formula is C10H13BrN2OS. The van der Waals surface area contributed by atoms with Crippen molar-refractivity contribution in [1.29, 1.82) is 0 Å². The Morgan fingerprint density at radius 1 is 1.47 bits per heavy atom. The van der Waals surface area contributed by atoms with Gasteiger partial charge in [0.05, 0.1) is 4.75 Å². The van der Waals surface area contributed by atoms with Crippen molar-refractivity contribution < 1.29 is 4.21 Å². The van der Waals surface area contributed by atoms with Gasteiger partial charge in [-0.2, -0.15) is 4.40 Å². The highest BCUT2D eigenvalue weighted by molar-refractivity contribution is 9.10. The van der Waals surface area contributed by atoms with E-state index in [1.165, 1.54) is 0 Å². The number of aromatic nitrogens is 1. The molecule has 1 heterocycles. The molecule has 0 bridgehead atoms. The third-order valence-corrected chi connectivity index (χ3v) is 3.33. The van der Waals surface area contributed by atoms with Crippen LogP contribution in [-0.4, -0.2) is 20.2 Å². The molecule has 1 aromatic heterocycles. The first-order chi connectivity index (χ1) is 6.89. The zero-order chi connectivity index (χ0) is 11.5. The van der Waals surface area contributed by atoms with Crippen LogP contribution in [0.25, 0.3) is 0 Å². The standard InChI is InChI=1S/C10H13BrN2OS/c1-10(2,3)15(14)13-6-8-4-9(11)7-12-5-8/h4-7H,1-3H3/b13-6+. The van der Waals surface area contributed by atoms with Crippen LogP contribution in [0.4, 0.5) is 0 Å². The van der Waals surface area contributed by atoms with E-state index in [9.17, 15) is 4.21 Å². The molecule has 0 saturated heterocycles. The molecule has 0 fully saturated rings. The van der Waals surface area contributed by atoms with E-state index in [0.29, 0.717) is 0 Å². The Morgan fingerprint density at radius 2 is 2.13 bits per heavy atom. The minimum atomic E-state index is -1.22. The molecular weight excluding hydrogens is 276 g/mol. The maximum absolute atomic E-state index is 11.6. The fourth-order valence-electron chi connectivity index (χ4n) is 0.766. The van der Waals surface area contributed by atoms with Crippen LogP contribution in [0.15, 0.2) is 27.3 Å². The molecule has 15 heavy (non-hydrogen) atoms. The van der Waals surface area contributed by atoms with E-state index >= 15 is 0 Å². The highest BCUT2D eigenvalue weighted by Crippen LogP contribution is 2.13. The lowest BCUT2D eigenvalue weighted by atomic mass is 10.3. The summed E-state index contributed by atoms with van der Waals surface area (Å²) in [5, 5.41) is 0. The lowest BCUT2D eigenvalue weighted by Gasteiger charge is -2.12. The smallest absolute Gasteiger partial charge is 0.144 e. The lowest BCUT2D eigenvalue weighted by molar-refractivity contribution is 0.651. The Labute approximate surface area is 101 Å². The van der Waals surface area contributed by atoms with E-state index in [1.54, 1.807) is 18.6 Å². The number of nitrogens with zero attached hydrogens (tertiary/aromatic N) is 2.